The Balaban J connectivity index is 1.97. The number of anilines is 1. The number of halogens is 1. The number of nitrogens with zero attached hydrogens (tertiary/aromatic N) is 2. The molecule has 1 saturated carbocycles. The first-order valence-corrected chi connectivity index (χ1v) is 7.17. The van der Waals surface area contributed by atoms with Crippen molar-refractivity contribution in [1.29, 1.82) is 0 Å². The molecule has 2 rings (SSSR count). The summed E-state index contributed by atoms with van der Waals surface area (Å²) in [5.41, 5.74) is -0.0811. The van der Waals surface area contributed by atoms with Gasteiger partial charge >= 0.3 is 6.03 Å². The van der Waals surface area contributed by atoms with E-state index in [1.807, 2.05) is 13.0 Å². The van der Waals surface area contributed by atoms with Crippen LogP contribution in [-0.4, -0.2) is 35.8 Å². The van der Waals surface area contributed by atoms with Gasteiger partial charge in [-0.1, -0.05) is 0 Å². The minimum Gasteiger partial charge on any atom is -0.396 e. The van der Waals surface area contributed by atoms with Gasteiger partial charge in [-0.05, 0) is 47.8 Å². The predicted molar refractivity (Wildman–Crippen MR) is 77.1 cm³/mol. The Hall–Kier alpha value is -1.14. The van der Waals surface area contributed by atoms with Crippen molar-refractivity contribution in [1.82, 2.24) is 10.3 Å². The number of aliphatic hydroxyl groups excluding tert-OH is 1. The number of carbonyl (C=O) groups excluding carboxylic acids is 1. The van der Waals surface area contributed by atoms with Crippen molar-refractivity contribution in [2.24, 2.45) is 5.41 Å². The van der Waals surface area contributed by atoms with Crippen molar-refractivity contribution in [2.45, 2.75) is 19.8 Å². The molecule has 0 spiro atoms. The van der Waals surface area contributed by atoms with E-state index in [1.165, 1.54) is 0 Å². The molecule has 2 amide bonds. The van der Waals surface area contributed by atoms with E-state index in [0.717, 1.165) is 17.3 Å². The SMILES string of the molecule is CCN(C(=O)NCC1(CO)CC1)c1ccc(Br)cn1. The Bertz CT molecular complexity index is 446. The lowest BCUT2D eigenvalue weighted by Crippen LogP contribution is -2.43. The lowest BCUT2D eigenvalue weighted by Gasteiger charge is -2.22. The Labute approximate surface area is 121 Å². The Kier molecular flexibility index (Phi) is 4.42. The van der Waals surface area contributed by atoms with Crippen molar-refractivity contribution >= 4 is 27.8 Å². The summed E-state index contributed by atoms with van der Waals surface area (Å²) in [6.45, 7) is 3.11. The summed E-state index contributed by atoms with van der Waals surface area (Å²) < 4.78 is 0.880. The summed E-state index contributed by atoms with van der Waals surface area (Å²) in [6, 6.07) is 3.48. The number of amides is 2. The van der Waals surface area contributed by atoms with E-state index >= 15 is 0 Å². The maximum Gasteiger partial charge on any atom is 0.323 e. The van der Waals surface area contributed by atoms with Crippen molar-refractivity contribution in [2.75, 3.05) is 24.6 Å². The zero-order chi connectivity index (χ0) is 13.9. The fourth-order valence-corrected chi connectivity index (χ4v) is 2.10. The molecule has 0 saturated heterocycles. The largest absolute Gasteiger partial charge is 0.396 e. The summed E-state index contributed by atoms with van der Waals surface area (Å²) in [7, 11) is 0. The third-order valence-electron chi connectivity index (χ3n) is 3.46. The summed E-state index contributed by atoms with van der Waals surface area (Å²) in [5, 5.41) is 12.1. The molecule has 5 nitrogen and oxygen atoms in total. The molecule has 1 heterocycles. The molecule has 6 heteroatoms. The van der Waals surface area contributed by atoms with Crippen LogP contribution >= 0.6 is 15.9 Å². The molecule has 1 aliphatic carbocycles. The number of nitrogens with one attached hydrogen (secondary N) is 1. The maximum absolute atomic E-state index is 12.1. The molecule has 1 aromatic heterocycles. The van der Waals surface area contributed by atoms with Gasteiger partial charge in [-0.15, -0.1) is 0 Å². The Morgan fingerprint density at radius 3 is 2.79 bits per heavy atom. The first-order valence-electron chi connectivity index (χ1n) is 6.38. The Morgan fingerprint density at radius 1 is 1.58 bits per heavy atom. The molecule has 0 atom stereocenters. The minimum absolute atomic E-state index is 0.0811. The molecule has 0 aromatic carbocycles. The number of hydrogen-bond acceptors (Lipinski definition) is 3. The number of urea groups is 1. The first-order chi connectivity index (χ1) is 9.10. The maximum atomic E-state index is 12.1. The van der Waals surface area contributed by atoms with E-state index in [4.69, 9.17) is 0 Å². The summed E-state index contributed by atoms with van der Waals surface area (Å²) in [6.07, 6.45) is 3.63. The van der Waals surface area contributed by atoms with Crippen LogP contribution in [-0.2, 0) is 0 Å². The van der Waals surface area contributed by atoms with Gasteiger partial charge < -0.3 is 10.4 Å². The van der Waals surface area contributed by atoms with Gasteiger partial charge in [0.25, 0.3) is 0 Å². The predicted octanol–water partition coefficient (Wildman–Crippen LogP) is 2.15. The van der Waals surface area contributed by atoms with Crippen LogP contribution in [0.3, 0.4) is 0 Å². The first kappa shape index (κ1) is 14.3. The van der Waals surface area contributed by atoms with Crippen molar-refractivity contribution < 1.29 is 9.90 Å². The normalized spacial score (nSPS) is 15.9. The molecule has 1 fully saturated rings. The standard InChI is InChI=1S/C13H18BrN3O2/c1-2-17(11-4-3-10(14)7-15-11)12(19)16-8-13(9-18)5-6-13/h3-4,7,18H,2,5-6,8-9H2,1H3,(H,16,19). The zero-order valence-electron chi connectivity index (χ0n) is 10.9. The van der Waals surface area contributed by atoms with Crippen LogP contribution in [0.4, 0.5) is 10.6 Å². The third kappa shape index (κ3) is 3.45. The second-order valence-electron chi connectivity index (χ2n) is 4.90. The number of aliphatic hydroxyl groups is 1. The summed E-state index contributed by atoms with van der Waals surface area (Å²) in [5.74, 6) is 0.622. The van der Waals surface area contributed by atoms with Gasteiger partial charge in [-0.25, -0.2) is 9.78 Å². The summed E-state index contributed by atoms with van der Waals surface area (Å²) >= 11 is 3.32. The number of pyridine rings is 1. The number of aromatic nitrogens is 1. The monoisotopic (exact) mass is 327 g/mol. The molecule has 19 heavy (non-hydrogen) atoms. The van der Waals surface area contributed by atoms with E-state index in [1.54, 1.807) is 17.2 Å². The number of carbonyl (C=O) groups is 1. The van der Waals surface area contributed by atoms with Crippen LogP contribution in [0.2, 0.25) is 0 Å². The van der Waals surface area contributed by atoms with Crippen molar-refractivity contribution in [3.05, 3.63) is 22.8 Å². The van der Waals surface area contributed by atoms with Gasteiger partial charge in [0.2, 0.25) is 0 Å². The summed E-state index contributed by atoms with van der Waals surface area (Å²) in [4.78, 5) is 17.9. The van der Waals surface area contributed by atoms with Crippen LogP contribution in [0.5, 0.6) is 0 Å². The van der Waals surface area contributed by atoms with E-state index in [0.29, 0.717) is 18.9 Å². The molecule has 0 bridgehead atoms. The van der Waals surface area contributed by atoms with Crippen LogP contribution in [0.1, 0.15) is 19.8 Å². The second kappa shape index (κ2) is 5.88. The van der Waals surface area contributed by atoms with E-state index < -0.39 is 0 Å². The molecular weight excluding hydrogens is 310 g/mol. The average Bonchev–Trinajstić information content (AvgIpc) is 3.20. The van der Waals surface area contributed by atoms with Crippen LogP contribution < -0.4 is 10.2 Å². The highest BCUT2D eigenvalue weighted by Crippen LogP contribution is 2.44. The third-order valence-corrected chi connectivity index (χ3v) is 3.93. The molecule has 2 N–H and O–H groups in total. The van der Waals surface area contributed by atoms with E-state index in [-0.39, 0.29) is 18.1 Å². The highest BCUT2D eigenvalue weighted by molar-refractivity contribution is 9.10. The lowest BCUT2D eigenvalue weighted by molar-refractivity contribution is 0.204. The van der Waals surface area contributed by atoms with Gasteiger partial charge in [0, 0.05) is 29.2 Å². The van der Waals surface area contributed by atoms with Crippen LogP contribution in [0.25, 0.3) is 0 Å². The zero-order valence-corrected chi connectivity index (χ0v) is 12.5. The average molecular weight is 328 g/mol. The molecule has 0 aliphatic heterocycles. The van der Waals surface area contributed by atoms with Crippen molar-refractivity contribution in [3.63, 3.8) is 0 Å². The highest BCUT2D eigenvalue weighted by atomic mass is 79.9. The lowest BCUT2D eigenvalue weighted by atomic mass is 10.1. The second-order valence-corrected chi connectivity index (χ2v) is 5.81. The van der Waals surface area contributed by atoms with Crippen LogP contribution in [0.15, 0.2) is 22.8 Å². The molecule has 1 aliphatic rings. The van der Waals surface area contributed by atoms with Crippen molar-refractivity contribution in [3.8, 4) is 0 Å². The Morgan fingerprint density at radius 2 is 2.32 bits per heavy atom. The van der Waals surface area contributed by atoms with Crippen LogP contribution in [0, 0.1) is 5.41 Å². The molecule has 0 radical (unpaired) electrons. The topological polar surface area (TPSA) is 65.5 Å². The van der Waals surface area contributed by atoms with Gasteiger partial charge in [0.15, 0.2) is 0 Å². The molecular formula is C13H18BrN3O2. The van der Waals surface area contributed by atoms with Gasteiger partial charge in [-0.3, -0.25) is 4.90 Å². The van der Waals surface area contributed by atoms with Gasteiger partial charge in [-0.2, -0.15) is 0 Å². The van der Waals surface area contributed by atoms with Gasteiger partial charge in [0.05, 0.1) is 6.61 Å². The van der Waals surface area contributed by atoms with Gasteiger partial charge in [0.1, 0.15) is 5.82 Å². The molecule has 0 unspecified atom stereocenters. The fourth-order valence-electron chi connectivity index (χ4n) is 1.86. The highest BCUT2D eigenvalue weighted by Gasteiger charge is 2.42. The van der Waals surface area contributed by atoms with E-state index in [2.05, 4.69) is 26.2 Å². The number of rotatable bonds is 5. The fraction of sp³-hybridized carbons (Fsp3) is 0.538. The molecule has 1 aromatic rings. The number of hydrogen-bond donors (Lipinski definition) is 2. The smallest absolute Gasteiger partial charge is 0.323 e. The quantitative estimate of drug-likeness (QED) is 0.870. The van der Waals surface area contributed by atoms with E-state index in [9.17, 15) is 9.90 Å². The minimum atomic E-state index is -0.169. The molecule has 104 valence electrons.